The number of hydrogen-bond donors (Lipinski definition) is 1. The molecule has 2 atom stereocenters. The molecule has 0 radical (unpaired) electrons. The van der Waals surface area contributed by atoms with Crippen LogP contribution in [0.5, 0.6) is 0 Å². The molecule has 1 aromatic carbocycles. The van der Waals surface area contributed by atoms with Crippen LogP contribution in [0.25, 0.3) is 0 Å². The summed E-state index contributed by atoms with van der Waals surface area (Å²) in [6, 6.07) is 11.5. The average Bonchev–Trinajstić information content (AvgIpc) is 2.40. The predicted octanol–water partition coefficient (Wildman–Crippen LogP) is 1.94. The van der Waals surface area contributed by atoms with E-state index in [2.05, 4.69) is 6.07 Å². The van der Waals surface area contributed by atoms with Gasteiger partial charge in [-0.15, -0.1) is 0 Å². The highest BCUT2D eigenvalue weighted by atomic mass is 16.4. The summed E-state index contributed by atoms with van der Waals surface area (Å²) in [5.74, 6) is 0. The number of benzene rings is 1. The van der Waals surface area contributed by atoms with Crippen LogP contribution in [0.2, 0.25) is 0 Å². The lowest BCUT2D eigenvalue weighted by Crippen LogP contribution is -2.54. The molecule has 1 saturated heterocycles. The molecule has 0 spiro atoms. The third-order valence-electron chi connectivity index (χ3n) is 3.51. The van der Waals surface area contributed by atoms with Crippen molar-refractivity contribution in [3.63, 3.8) is 0 Å². The Morgan fingerprint density at radius 3 is 2.63 bits per heavy atom. The molecule has 0 aliphatic carbocycles. The molecule has 2 rings (SSSR count). The molecule has 0 bridgehead atoms. The number of amides is 1. The zero-order chi connectivity index (χ0) is 13.8. The van der Waals surface area contributed by atoms with Crippen LogP contribution in [-0.2, 0) is 0 Å². The van der Waals surface area contributed by atoms with Crippen molar-refractivity contribution in [3.05, 3.63) is 35.9 Å². The largest absolute Gasteiger partial charge is 0.465 e. The van der Waals surface area contributed by atoms with E-state index < -0.39 is 6.09 Å². The average molecular weight is 259 g/mol. The normalized spacial score (nSPS) is 21.7. The van der Waals surface area contributed by atoms with E-state index in [9.17, 15) is 10.1 Å². The Bertz CT molecular complexity index is 483. The predicted molar refractivity (Wildman–Crippen MR) is 70.6 cm³/mol. The molecule has 0 unspecified atom stereocenters. The maximum Gasteiger partial charge on any atom is 0.407 e. The molecule has 1 heterocycles. The Labute approximate surface area is 112 Å². The molecule has 0 aromatic heterocycles. The summed E-state index contributed by atoms with van der Waals surface area (Å²) < 4.78 is 0. The molecule has 5 nitrogen and oxygen atoms in total. The van der Waals surface area contributed by atoms with Crippen LogP contribution in [0.1, 0.15) is 18.5 Å². The second-order valence-corrected chi connectivity index (χ2v) is 4.76. The Morgan fingerprint density at radius 1 is 1.42 bits per heavy atom. The van der Waals surface area contributed by atoms with Crippen molar-refractivity contribution in [2.75, 3.05) is 19.6 Å². The van der Waals surface area contributed by atoms with Gasteiger partial charge in [0.1, 0.15) is 6.04 Å². The molecule has 1 aliphatic rings. The Balaban J connectivity index is 2.11. The summed E-state index contributed by atoms with van der Waals surface area (Å²) in [4.78, 5) is 14.5. The van der Waals surface area contributed by atoms with Crippen molar-refractivity contribution in [1.82, 2.24) is 9.80 Å². The van der Waals surface area contributed by atoms with Crippen LogP contribution in [0.3, 0.4) is 0 Å². The van der Waals surface area contributed by atoms with E-state index in [4.69, 9.17) is 5.11 Å². The zero-order valence-corrected chi connectivity index (χ0v) is 10.9. The first-order chi connectivity index (χ1) is 9.13. The summed E-state index contributed by atoms with van der Waals surface area (Å²) >= 11 is 0. The van der Waals surface area contributed by atoms with E-state index >= 15 is 0 Å². The second kappa shape index (κ2) is 5.72. The minimum absolute atomic E-state index is 0.0918. The molecular weight excluding hydrogens is 242 g/mol. The van der Waals surface area contributed by atoms with Gasteiger partial charge >= 0.3 is 6.09 Å². The Kier molecular flexibility index (Phi) is 4.03. The monoisotopic (exact) mass is 259 g/mol. The third-order valence-corrected chi connectivity index (χ3v) is 3.51. The zero-order valence-electron chi connectivity index (χ0n) is 10.9. The molecule has 1 amide bonds. The molecule has 0 saturated carbocycles. The molecular formula is C14H17N3O2. The summed E-state index contributed by atoms with van der Waals surface area (Å²) in [5.41, 5.74) is 0.959. The van der Waals surface area contributed by atoms with Crippen molar-refractivity contribution >= 4 is 6.09 Å². The van der Waals surface area contributed by atoms with Crippen LogP contribution < -0.4 is 0 Å². The second-order valence-electron chi connectivity index (χ2n) is 4.76. The van der Waals surface area contributed by atoms with Gasteiger partial charge in [0.2, 0.25) is 0 Å². The highest BCUT2D eigenvalue weighted by molar-refractivity contribution is 5.65. The molecule has 1 aromatic rings. The summed E-state index contributed by atoms with van der Waals surface area (Å²) in [6.45, 7) is 3.49. The first kappa shape index (κ1) is 13.4. The van der Waals surface area contributed by atoms with Crippen molar-refractivity contribution < 1.29 is 9.90 Å². The van der Waals surface area contributed by atoms with E-state index in [1.807, 2.05) is 42.2 Å². The highest BCUT2D eigenvalue weighted by Crippen LogP contribution is 2.23. The van der Waals surface area contributed by atoms with Crippen LogP contribution in [0, 0.1) is 11.3 Å². The van der Waals surface area contributed by atoms with Gasteiger partial charge in [-0.3, -0.25) is 4.90 Å². The fourth-order valence-corrected chi connectivity index (χ4v) is 2.51. The summed E-state index contributed by atoms with van der Waals surface area (Å²) in [5, 5.41) is 18.4. The number of carbonyl (C=O) groups is 1. The summed E-state index contributed by atoms with van der Waals surface area (Å²) in [7, 11) is 0. The van der Waals surface area contributed by atoms with Gasteiger partial charge in [0, 0.05) is 25.7 Å². The Hall–Kier alpha value is -2.06. The highest BCUT2D eigenvalue weighted by Gasteiger charge is 2.31. The van der Waals surface area contributed by atoms with Gasteiger partial charge in [0.05, 0.1) is 6.07 Å². The lowest BCUT2D eigenvalue weighted by molar-refractivity contribution is 0.0641. The molecule has 19 heavy (non-hydrogen) atoms. The van der Waals surface area contributed by atoms with Crippen LogP contribution in [0.4, 0.5) is 4.79 Å². The van der Waals surface area contributed by atoms with Gasteiger partial charge in [0.15, 0.2) is 0 Å². The number of hydrogen-bond acceptors (Lipinski definition) is 3. The standard InChI is InChI=1S/C14H17N3O2/c1-11-10-16(7-8-17(11)14(18)19)13(9-15)12-5-3-2-4-6-12/h2-6,11,13H,7-8,10H2,1H3,(H,18,19)/t11-,13-/m1/s1. The van der Waals surface area contributed by atoms with Crippen molar-refractivity contribution in [2.24, 2.45) is 0 Å². The molecule has 1 fully saturated rings. The Morgan fingerprint density at radius 2 is 2.11 bits per heavy atom. The fourth-order valence-electron chi connectivity index (χ4n) is 2.51. The smallest absolute Gasteiger partial charge is 0.407 e. The first-order valence-corrected chi connectivity index (χ1v) is 6.31. The van der Waals surface area contributed by atoms with E-state index in [-0.39, 0.29) is 12.1 Å². The van der Waals surface area contributed by atoms with Gasteiger partial charge in [-0.1, -0.05) is 30.3 Å². The minimum atomic E-state index is -0.889. The minimum Gasteiger partial charge on any atom is -0.465 e. The molecule has 5 heteroatoms. The van der Waals surface area contributed by atoms with Gasteiger partial charge in [-0.2, -0.15) is 5.26 Å². The summed E-state index contributed by atoms with van der Waals surface area (Å²) in [6.07, 6.45) is -0.889. The molecule has 100 valence electrons. The SMILES string of the molecule is C[C@@H]1CN([C@H](C#N)c2ccccc2)CCN1C(=O)O. The maximum absolute atomic E-state index is 11.0. The van der Waals surface area contributed by atoms with Gasteiger partial charge in [-0.25, -0.2) is 4.79 Å². The van der Waals surface area contributed by atoms with Crippen molar-refractivity contribution in [1.29, 1.82) is 5.26 Å². The number of nitriles is 1. The topological polar surface area (TPSA) is 67.6 Å². The van der Waals surface area contributed by atoms with Gasteiger partial charge in [-0.05, 0) is 12.5 Å². The van der Waals surface area contributed by atoms with Gasteiger partial charge in [0.25, 0.3) is 0 Å². The van der Waals surface area contributed by atoms with Crippen molar-refractivity contribution in [2.45, 2.75) is 19.0 Å². The van der Waals surface area contributed by atoms with Crippen LogP contribution in [0.15, 0.2) is 30.3 Å². The van der Waals surface area contributed by atoms with Crippen LogP contribution >= 0.6 is 0 Å². The van der Waals surface area contributed by atoms with E-state index in [0.717, 1.165) is 5.56 Å². The number of carboxylic acid groups (broad SMARTS) is 1. The number of rotatable bonds is 2. The van der Waals surface area contributed by atoms with E-state index in [1.54, 1.807) is 0 Å². The first-order valence-electron chi connectivity index (χ1n) is 6.31. The third kappa shape index (κ3) is 2.85. The van der Waals surface area contributed by atoms with Gasteiger partial charge < -0.3 is 10.0 Å². The lowest BCUT2D eigenvalue weighted by atomic mass is 10.0. The molecule has 1 aliphatic heterocycles. The number of nitrogens with zero attached hydrogens (tertiary/aromatic N) is 3. The molecule has 1 N–H and O–H groups in total. The van der Waals surface area contributed by atoms with Crippen LogP contribution in [-0.4, -0.2) is 46.7 Å². The fraction of sp³-hybridized carbons (Fsp3) is 0.429. The quantitative estimate of drug-likeness (QED) is 0.881. The lowest BCUT2D eigenvalue weighted by Gasteiger charge is -2.40. The van der Waals surface area contributed by atoms with E-state index in [1.165, 1.54) is 4.90 Å². The number of piperazine rings is 1. The maximum atomic E-state index is 11.0. The van der Waals surface area contributed by atoms with E-state index in [0.29, 0.717) is 19.6 Å². The van der Waals surface area contributed by atoms with Crippen molar-refractivity contribution in [3.8, 4) is 6.07 Å².